The van der Waals surface area contributed by atoms with Gasteiger partial charge in [-0.25, -0.2) is 9.37 Å². The van der Waals surface area contributed by atoms with Crippen molar-refractivity contribution >= 4 is 22.8 Å². The summed E-state index contributed by atoms with van der Waals surface area (Å²) in [6.45, 7) is 2.52. The van der Waals surface area contributed by atoms with Gasteiger partial charge in [0.05, 0.1) is 16.6 Å². The molecular weight excluding hydrogens is 419 g/mol. The number of hydrogen-bond donors (Lipinski definition) is 1. The van der Waals surface area contributed by atoms with Crippen LogP contribution in [0.15, 0.2) is 48.5 Å². The van der Waals surface area contributed by atoms with Gasteiger partial charge in [0.1, 0.15) is 18.2 Å². The lowest BCUT2D eigenvalue weighted by molar-refractivity contribution is -0.132. The number of nitrogens with zero attached hydrogens (tertiary/aromatic N) is 3. The van der Waals surface area contributed by atoms with E-state index in [9.17, 15) is 14.0 Å². The number of halogens is 1. The third-order valence-electron chi connectivity index (χ3n) is 6.22. The number of fused-ring (bicyclic) bond motifs is 1. The molecule has 2 heterocycles. The first-order chi connectivity index (χ1) is 16.1. The quantitative estimate of drug-likeness (QED) is 0.494. The van der Waals surface area contributed by atoms with Crippen molar-refractivity contribution in [1.82, 2.24) is 19.8 Å². The van der Waals surface area contributed by atoms with E-state index in [0.29, 0.717) is 13.1 Å². The summed E-state index contributed by atoms with van der Waals surface area (Å²) in [4.78, 5) is 31.7. The Balaban J connectivity index is 1.30. The number of aromatic nitrogens is 2. The number of rotatable bonds is 9. The maximum absolute atomic E-state index is 13.7. The standard InChI is InChI=1S/C26H31FN4O2/c27-21-12-5-4-11-20(21)26(33)28-16-8-1-3-15-24-29-22-13-6-7-14-23(22)31(24)19-25(32)30-17-9-2-10-18-30/h4-7,11-14H,1-3,8-10,15-19H2,(H,28,33). The van der Waals surface area contributed by atoms with Crippen molar-refractivity contribution in [2.75, 3.05) is 19.6 Å². The van der Waals surface area contributed by atoms with Gasteiger partial charge in [0.2, 0.25) is 5.91 Å². The van der Waals surface area contributed by atoms with Crippen molar-refractivity contribution in [3.63, 3.8) is 0 Å². The molecule has 4 rings (SSSR count). The number of hydrogen-bond acceptors (Lipinski definition) is 3. The number of amides is 2. The van der Waals surface area contributed by atoms with E-state index in [4.69, 9.17) is 4.98 Å². The minimum atomic E-state index is -0.506. The van der Waals surface area contributed by atoms with E-state index in [1.165, 1.54) is 18.6 Å². The van der Waals surface area contributed by atoms with Crippen LogP contribution in [-0.2, 0) is 17.8 Å². The minimum Gasteiger partial charge on any atom is -0.352 e. The molecule has 0 radical (unpaired) electrons. The molecule has 7 heteroatoms. The normalized spacial score (nSPS) is 13.9. The highest BCUT2D eigenvalue weighted by Crippen LogP contribution is 2.19. The highest BCUT2D eigenvalue weighted by molar-refractivity contribution is 5.94. The van der Waals surface area contributed by atoms with Crippen molar-refractivity contribution < 1.29 is 14.0 Å². The first-order valence-electron chi connectivity index (χ1n) is 11.9. The van der Waals surface area contributed by atoms with Gasteiger partial charge >= 0.3 is 0 Å². The third kappa shape index (κ3) is 5.78. The van der Waals surface area contributed by atoms with E-state index in [0.717, 1.165) is 68.5 Å². The molecule has 0 unspecified atom stereocenters. The molecule has 174 valence electrons. The molecule has 0 aliphatic carbocycles. The lowest BCUT2D eigenvalue weighted by atomic mass is 10.1. The van der Waals surface area contributed by atoms with Crippen molar-refractivity contribution in [2.45, 2.75) is 51.5 Å². The lowest BCUT2D eigenvalue weighted by Gasteiger charge is -2.27. The number of unbranched alkanes of at least 4 members (excludes halogenated alkanes) is 2. The fourth-order valence-corrected chi connectivity index (χ4v) is 4.40. The van der Waals surface area contributed by atoms with Gasteiger partial charge in [-0.1, -0.05) is 30.7 Å². The topological polar surface area (TPSA) is 67.2 Å². The van der Waals surface area contributed by atoms with E-state index in [1.54, 1.807) is 12.1 Å². The van der Waals surface area contributed by atoms with Crippen LogP contribution >= 0.6 is 0 Å². The molecule has 0 spiro atoms. The summed E-state index contributed by atoms with van der Waals surface area (Å²) in [5.41, 5.74) is 1.98. The van der Waals surface area contributed by atoms with Crippen LogP contribution in [0.4, 0.5) is 4.39 Å². The van der Waals surface area contributed by atoms with Crippen LogP contribution in [0.2, 0.25) is 0 Å². The molecule has 1 aliphatic heterocycles. The molecule has 2 amide bonds. The van der Waals surface area contributed by atoms with E-state index in [1.807, 2.05) is 29.2 Å². The summed E-state index contributed by atoms with van der Waals surface area (Å²) in [5, 5.41) is 2.78. The van der Waals surface area contributed by atoms with Crippen LogP contribution in [0.1, 0.15) is 54.7 Å². The summed E-state index contributed by atoms with van der Waals surface area (Å²) in [7, 11) is 0. The fraction of sp³-hybridized carbons (Fsp3) is 0.423. The van der Waals surface area contributed by atoms with Crippen molar-refractivity contribution in [3.8, 4) is 0 Å². The summed E-state index contributed by atoms with van der Waals surface area (Å²) in [6, 6.07) is 13.9. The van der Waals surface area contributed by atoms with Crippen LogP contribution in [0.25, 0.3) is 11.0 Å². The molecule has 1 saturated heterocycles. The zero-order valence-electron chi connectivity index (χ0n) is 18.9. The summed E-state index contributed by atoms with van der Waals surface area (Å²) >= 11 is 0. The smallest absolute Gasteiger partial charge is 0.254 e. The van der Waals surface area contributed by atoms with Gasteiger partial charge in [-0.2, -0.15) is 0 Å². The second kappa shape index (κ2) is 11.1. The highest BCUT2D eigenvalue weighted by Gasteiger charge is 2.19. The SMILES string of the molecule is O=C(NCCCCCc1nc2ccccc2n1CC(=O)N1CCCCC1)c1ccccc1F. The van der Waals surface area contributed by atoms with E-state index >= 15 is 0 Å². The summed E-state index contributed by atoms with van der Waals surface area (Å²) < 4.78 is 15.8. The van der Waals surface area contributed by atoms with Crippen LogP contribution in [0.5, 0.6) is 0 Å². The predicted molar refractivity (Wildman–Crippen MR) is 126 cm³/mol. The first-order valence-corrected chi connectivity index (χ1v) is 11.9. The van der Waals surface area contributed by atoms with E-state index in [2.05, 4.69) is 9.88 Å². The minimum absolute atomic E-state index is 0.0737. The Morgan fingerprint density at radius 3 is 2.52 bits per heavy atom. The molecule has 0 atom stereocenters. The zero-order chi connectivity index (χ0) is 23.0. The Hall–Kier alpha value is -3.22. The number of para-hydroxylation sites is 2. The van der Waals surface area contributed by atoms with Crippen LogP contribution in [0, 0.1) is 5.82 Å². The molecule has 6 nitrogen and oxygen atoms in total. The van der Waals surface area contributed by atoms with Crippen LogP contribution in [-0.4, -0.2) is 45.9 Å². The van der Waals surface area contributed by atoms with Gasteiger partial charge in [-0.05, 0) is 56.4 Å². The fourth-order valence-electron chi connectivity index (χ4n) is 4.40. The Labute approximate surface area is 193 Å². The monoisotopic (exact) mass is 450 g/mol. The zero-order valence-corrected chi connectivity index (χ0v) is 18.9. The molecular formula is C26H31FN4O2. The Morgan fingerprint density at radius 1 is 0.939 bits per heavy atom. The number of benzene rings is 2. The second-order valence-electron chi connectivity index (χ2n) is 8.59. The molecule has 1 aliphatic rings. The van der Waals surface area contributed by atoms with Crippen molar-refractivity contribution in [3.05, 3.63) is 65.7 Å². The van der Waals surface area contributed by atoms with Gasteiger partial charge in [-0.3, -0.25) is 9.59 Å². The number of imidazole rings is 1. The van der Waals surface area contributed by atoms with Crippen molar-refractivity contribution in [1.29, 1.82) is 0 Å². The van der Waals surface area contributed by atoms with Crippen LogP contribution in [0.3, 0.4) is 0 Å². The second-order valence-corrected chi connectivity index (χ2v) is 8.59. The van der Waals surface area contributed by atoms with E-state index in [-0.39, 0.29) is 17.4 Å². The highest BCUT2D eigenvalue weighted by atomic mass is 19.1. The van der Waals surface area contributed by atoms with Gasteiger partial charge in [0.25, 0.3) is 5.91 Å². The number of carbonyl (C=O) groups is 2. The van der Waals surface area contributed by atoms with Gasteiger partial charge < -0.3 is 14.8 Å². The molecule has 0 saturated carbocycles. The molecule has 1 fully saturated rings. The number of aryl methyl sites for hydroxylation is 1. The Bertz CT molecular complexity index is 1100. The molecule has 1 aromatic heterocycles. The lowest BCUT2D eigenvalue weighted by Crippen LogP contribution is -2.38. The summed E-state index contributed by atoms with van der Waals surface area (Å²) in [6.07, 6.45) is 6.73. The maximum Gasteiger partial charge on any atom is 0.254 e. The average molecular weight is 451 g/mol. The first kappa shape index (κ1) is 23.0. The number of likely N-dealkylation sites (tertiary alicyclic amines) is 1. The number of carbonyl (C=O) groups excluding carboxylic acids is 2. The maximum atomic E-state index is 13.7. The average Bonchev–Trinajstić information content (AvgIpc) is 3.19. The van der Waals surface area contributed by atoms with Gasteiger partial charge in [0, 0.05) is 26.1 Å². The van der Waals surface area contributed by atoms with Crippen LogP contribution < -0.4 is 5.32 Å². The molecule has 1 N–H and O–H groups in total. The predicted octanol–water partition coefficient (Wildman–Crippen LogP) is 4.33. The third-order valence-corrected chi connectivity index (χ3v) is 6.22. The molecule has 2 aromatic carbocycles. The number of nitrogens with one attached hydrogen (secondary N) is 1. The van der Waals surface area contributed by atoms with E-state index < -0.39 is 5.82 Å². The Morgan fingerprint density at radius 2 is 1.70 bits per heavy atom. The van der Waals surface area contributed by atoms with Crippen molar-refractivity contribution in [2.24, 2.45) is 0 Å². The number of piperidine rings is 1. The Kier molecular flexibility index (Phi) is 7.70. The van der Waals surface area contributed by atoms with Gasteiger partial charge in [0.15, 0.2) is 0 Å². The summed E-state index contributed by atoms with van der Waals surface area (Å²) in [5.74, 6) is 0.200. The molecule has 3 aromatic rings. The van der Waals surface area contributed by atoms with Gasteiger partial charge in [-0.15, -0.1) is 0 Å². The molecule has 0 bridgehead atoms. The molecule has 33 heavy (non-hydrogen) atoms. The largest absolute Gasteiger partial charge is 0.352 e.